The largest absolute Gasteiger partial charge is 0.353 e. The van der Waals surface area contributed by atoms with Gasteiger partial charge in [-0.1, -0.05) is 13.0 Å². The van der Waals surface area contributed by atoms with Crippen LogP contribution in [-0.4, -0.2) is 15.6 Å². The summed E-state index contributed by atoms with van der Waals surface area (Å²) in [5.74, 6) is 1.02. The van der Waals surface area contributed by atoms with Gasteiger partial charge in [-0.3, -0.25) is 0 Å². The third-order valence-corrected chi connectivity index (χ3v) is 4.15. The van der Waals surface area contributed by atoms with E-state index in [4.69, 9.17) is 0 Å². The van der Waals surface area contributed by atoms with Gasteiger partial charge in [0, 0.05) is 23.3 Å². The van der Waals surface area contributed by atoms with Crippen LogP contribution >= 0.6 is 11.3 Å². The predicted molar refractivity (Wildman–Crippen MR) is 71.6 cm³/mol. The summed E-state index contributed by atoms with van der Waals surface area (Å²) in [5.41, 5.74) is 0. The number of hydrogen-bond donors (Lipinski definition) is 1. The first kappa shape index (κ1) is 10.8. The number of aromatic nitrogens is 2. The molecule has 1 N–H and O–H groups in total. The van der Waals surface area contributed by atoms with E-state index in [1.165, 1.54) is 17.7 Å². The summed E-state index contributed by atoms with van der Waals surface area (Å²) in [6.45, 7) is 2.23. The van der Waals surface area contributed by atoms with Crippen molar-refractivity contribution in [3.05, 3.63) is 34.8 Å². The first-order valence-electron chi connectivity index (χ1n) is 6.21. The Kier molecular flexibility index (Phi) is 2.89. The first-order chi connectivity index (χ1) is 8.38. The van der Waals surface area contributed by atoms with E-state index in [2.05, 4.69) is 45.5 Å². The Morgan fingerprint density at radius 1 is 1.59 bits per heavy atom. The minimum Gasteiger partial charge on any atom is -0.353 e. The molecule has 0 amide bonds. The Morgan fingerprint density at radius 2 is 2.47 bits per heavy atom. The normalized spacial score (nSPS) is 17.0. The van der Waals surface area contributed by atoms with E-state index in [-0.39, 0.29) is 0 Å². The third kappa shape index (κ3) is 2.22. The van der Waals surface area contributed by atoms with Crippen molar-refractivity contribution in [3.63, 3.8) is 0 Å². The number of anilines is 1. The Bertz CT molecular complexity index is 471. The van der Waals surface area contributed by atoms with Gasteiger partial charge in [0.2, 0.25) is 5.95 Å². The molecule has 0 bridgehead atoms. The fourth-order valence-electron chi connectivity index (χ4n) is 2.10. The maximum absolute atomic E-state index is 4.43. The minimum atomic E-state index is 0.416. The van der Waals surface area contributed by atoms with Gasteiger partial charge >= 0.3 is 0 Å². The van der Waals surface area contributed by atoms with Crippen LogP contribution in [0.1, 0.15) is 37.1 Å². The average Bonchev–Trinajstić information content (AvgIpc) is 2.81. The quantitative estimate of drug-likeness (QED) is 0.876. The van der Waals surface area contributed by atoms with Gasteiger partial charge in [0.25, 0.3) is 0 Å². The molecule has 1 fully saturated rings. The van der Waals surface area contributed by atoms with E-state index in [9.17, 15) is 0 Å². The third-order valence-electron chi connectivity index (χ3n) is 3.17. The highest BCUT2D eigenvalue weighted by Gasteiger charge is 2.24. The predicted octanol–water partition coefficient (Wildman–Crippen LogP) is 3.52. The molecular weight excluding hydrogens is 230 g/mol. The van der Waals surface area contributed by atoms with Crippen LogP contribution in [-0.2, 0) is 0 Å². The zero-order valence-electron chi connectivity index (χ0n) is 9.97. The Hall–Kier alpha value is -1.29. The molecule has 2 aromatic rings. The Balaban J connectivity index is 1.87. The summed E-state index contributed by atoms with van der Waals surface area (Å²) in [6, 6.07) is 5.39. The van der Waals surface area contributed by atoms with Crippen molar-refractivity contribution in [3.8, 4) is 0 Å². The molecule has 17 heavy (non-hydrogen) atoms. The fourth-order valence-corrected chi connectivity index (χ4v) is 3.01. The molecule has 0 aromatic carbocycles. The van der Waals surface area contributed by atoms with Crippen molar-refractivity contribution in [2.75, 3.05) is 5.32 Å². The second-order valence-corrected chi connectivity index (χ2v) is 5.50. The fraction of sp³-hybridized carbons (Fsp3) is 0.462. The average molecular weight is 247 g/mol. The first-order valence-corrected chi connectivity index (χ1v) is 7.09. The van der Waals surface area contributed by atoms with Gasteiger partial charge in [-0.25, -0.2) is 4.98 Å². The molecule has 3 nitrogen and oxygen atoms in total. The van der Waals surface area contributed by atoms with Gasteiger partial charge in [-0.15, -0.1) is 11.3 Å². The van der Waals surface area contributed by atoms with E-state index in [1.54, 1.807) is 0 Å². The molecule has 1 atom stereocenters. The topological polar surface area (TPSA) is 29.9 Å². The lowest BCUT2D eigenvalue weighted by molar-refractivity contribution is 0.580. The van der Waals surface area contributed by atoms with Gasteiger partial charge < -0.3 is 9.88 Å². The van der Waals surface area contributed by atoms with Gasteiger partial charge in [0.05, 0.1) is 6.04 Å². The summed E-state index contributed by atoms with van der Waals surface area (Å²) in [6.07, 6.45) is 7.63. The maximum atomic E-state index is 4.43. The zero-order valence-corrected chi connectivity index (χ0v) is 10.8. The van der Waals surface area contributed by atoms with Crippen molar-refractivity contribution in [1.29, 1.82) is 0 Å². The SMILES string of the molecule is CCC(c1cccs1)n1ccnc1NC1CC1. The molecule has 1 aliphatic carbocycles. The molecule has 0 spiro atoms. The van der Waals surface area contributed by atoms with Crippen molar-refractivity contribution < 1.29 is 0 Å². The number of imidazole rings is 1. The number of hydrogen-bond acceptors (Lipinski definition) is 3. The number of nitrogens with one attached hydrogen (secondary N) is 1. The van der Waals surface area contributed by atoms with E-state index >= 15 is 0 Å². The van der Waals surface area contributed by atoms with Crippen LogP contribution in [0.5, 0.6) is 0 Å². The van der Waals surface area contributed by atoms with Crippen LogP contribution in [0.25, 0.3) is 0 Å². The molecule has 0 radical (unpaired) electrons. The zero-order chi connectivity index (χ0) is 11.7. The van der Waals surface area contributed by atoms with Gasteiger partial charge in [0.15, 0.2) is 0 Å². The van der Waals surface area contributed by atoms with Gasteiger partial charge in [-0.05, 0) is 30.7 Å². The smallest absolute Gasteiger partial charge is 0.203 e. The lowest BCUT2D eigenvalue weighted by Gasteiger charge is -2.18. The minimum absolute atomic E-state index is 0.416. The second kappa shape index (κ2) is 4.53. The highest BCUT2D eigenvalue weighted by molar-refractivity contribution is 7.10. The van der Waals surface area contributed by atoms with E-state index in [0.717, 1.165) is 12.4 Å². The Labute approximate surface area is 106 Å². The standard InChI is InChI=1S/C13H17N3S/c1-2-11(12-4-3-9-17-12)16-8-7-14-13(16)15-10-5-6-10/h3-4,7-11H,2,5-6H2,1H3,(H,14,15). The molecule has 2 heterocycles. The molecule has 3 rings (SSSR count). The van der Waals surface area contributed by atoms with Crippen LogP contribution in [0.15, 0.2) is 29.9 Å². The van der Waals surface area contributed by atoms with E-state index in [1.807, 2.05) is 17.5 Å². The molecule has 4 heteroatoms. The molecule has 1 saturated carbocycles. The van der Waals surface area contributed by atoms with Crippen LogP contribution in [0.2, 0.25) is 0 Å². The van der Waals surface area contributed by atoms with Crippen LogP contribution in [0.3, 0.4) is 0 Å². The van der Waals surface area contributed by atoms with Crippen molar-refractivity contribution in [2.24, 2.45) is 0 Å². The summed E-state index contributed by atoms with van der Waals surface area (Å²) in [5, 5.41) is 5.64. The van der Waals surface area contributed by atoms with Crippen molar-refractivity contribution >= 4 is 17.3 Å². The molecule has 0 saturated heterocycles. The monoisotopic (exact) mass is 247 g/mol. The van der Waals surface area contributed by atoms with Crippen LogP contribution < -0.4 is 5.32 Å². The number of rotatable bonds is 5. The molecule has 90 valence electrons. The van der Waals surface area contributed by atoms with Crippen LogP contribution in [0.4, 0.5) is 5.95 Å². The highest BCUT2D eigenvalue weighted by atomic mass is 32.1. The molecule has 1 aliphatic rings. The van der Waals surface area contributed by atoms with Gasteiger partial charge in [-0.2, -0.15) is 0 Å². The lowest BCUT2D eigenvalue weighted by Crippen LogP contribution is -2.13. The molecule has 2 aromatic heterocycles. The van der Waals surface area contributed by atoms with Crippen molar-refractivity contribution in [2.45, 2.75) is 38.3 Å². The molecule has 0 aliphatic heterocycles. The molecule has 1 unspecified atom stereocenters. The van der Waals surface area contributed by atoms with E-state index in [0.29, 0.717) is 12.1 Å². The molecular formula is C13H17N3S. The maximum Gasteiger partial charge on any atom is 0.203 e. The van der Waals surface area contributed by atoms with Gasteiger partial charge in [0.1, 0.15) is 0 Å². The summed E-state index contributed by atoms with van der Waals surface area (Å²) >= 11 is 1.82. The Morgan fingerprint density at radius 3 is 3.12 bits per heavy atom. The number of nitrogens with zero attached hydrogens (tertiary/aromatic N) is 2. The summed E-state index contributed by atoms with van der Waals surface area (Å²) < 4.78 is 2.27. The summed E-state index contributed by atoms with van der Waals surface area (Å²) in [4.78, 5) is 5.84. The number of thiophene rings is 1. The lowest BCUT2D eigenvalue weighted by atomic mass is 10.2. The van der Waals surface area contributed by atoms with Crippen LogP contribution in [0, 0.1) is 0 Å². The van der Waals surface area contributed by atoms with Crippen molar-refractivity contribution in [1.82, 2.24) is 9.55 Å². The highest BCUT2D eigenvalue weighted by Crippen LogP contribution is 2.30. The summed E-state index contributed by atoms with van der Waals surface area (Å²) in [7, 11) is 0. The van der Waals surface area contributed by atoms with E-state index < -0.39 is 0 Å². The second-order valence-electron chi connectivity index (χ2n) is 4.52.